The summed E-state index contributed by atoms with van der Waals surface area (Å²) in [6.07, 6.45) is 0. The molecular weight excluding hydrogens is 263 g/mol. The molecule has 0 aliphatic rings. The molecule has 21 heavy (non-hydrogen) atoms. The Balaban J connectivity index is 2.14. The van der Waals surface area contributed by atoms with E-state index in [0.717, 1.165) is 18.7 Å². The molecule has 2 aromatic rings. The lowest BCUT2D eigenvalue weighted by atomic mass is 10.0. The Morgan fingerprint density at radius 2 is 1.67 bits per heavy atom. The summed E-state index contributed by atoms with van der Waals surface area (Å²) in [6, 6.07) is 15.4. The van der Waals surface area contributed by atoms with Crippen LogP contribution >= 0.6 is 0 Å². The summed E-state index contributed by atoms with van der Waals surface area (Å²) < 4.78 is 13.9. The quantitative estimate of drug-likeness (QED) is 0.870. The molecule has 1 atom stereocenters. The van der Waals surface area contributed by atoms with Crippen LogP contribution in [0.1, 0.15) is 29.7 Å². The van der Waals surface area contributed by atoms with Gasteiger partial charge in [0.15, 0.2) is 0 Å². The number of halogens is 1. The zero-order valence-electron chi connectivity index (χ0n) is 12.9. The fourth-order valence-electron chi connectivity index (χ4n) is 2.53. The molecule has 2 rings (SSSR count). The van der Waals surface area contributed by atoms with Crippen LogP contribution < -0.4 is 5.32 Å². The molecule has 0 fully saturated rings. The monoisotopic (exact) mass is 286 g/mol. The van der Waals surface area contributed by atoms with Crippen molar-refractivity contribution in [3.63, 3.8) is 0 Å². The fraction of sp³-hybridized carbons (Fsp3) is 0.333. The van der Waals surface area contributed by atoms with Gasteiger partial charge in [-0.05, 0) is 38.2 Å². The van der Waals surface area contributed by atoms with Gasteiger partial charge in [-0.3, -0.25) is 4.90 Å². The number of hydrogen-bond donors (Lipinski definition) is 1. The smallest absolute Gasteiger partial charge is 0.127 e. The normalized spacial score (nSPS) is 12.6. The third kappa shape index (κ3) is 3.90. The molecule has 112 valence electrons. The van der Waals surface area contributed by atoms with E-state index >= 15 is 0 Å². The molecule has 0 heterocycles. The van der Waals surface area contributed by atoms with E-state index in [2.05, 4.69) is 34.5 Å². The van der Waals surface area contributed by atoms with Gasteiger partial charge in [-0.15, -0.1) is 0 Å². The average Bonchev–Trinajstić information content (AvgIpc) is 2.49. The van der Waals surface area contributed by atoms with Gasteiger partial charge in [0.2, 0.25) is 0 Å². The van der Waals surface area contributed by atoms with E-state index in [1.165, 1.54) is 17.2 Å². The molecule has 1 unspecified atom stereocenters. The molecule has 3 heteroatoms. The Kier molecular flexibility index (Phi) is 5.48. The minimum atomic E-state index is -0.139. The minimum absolute atomic E-state index is 0.0360. The maximum Gasteiger partial charge on any atom is 0.127 e. The van der Waals surface area contributed by atoms with E-state index in [9.17, 15) is 4.39 Å². The van der Waals surface area contributed by atoms with Gasteiger partial charge in [0.25, 0.3) is 0 Å². The van der Waals surface area contributed by atoms with Crippen LogP contribution in [0.25, 0.3) is 0 Å². The van der Waals surface area contributed by atoms with Gasteiger partial charge < -0.3 is 5.32 Å². The molecule has 0 bridgehead atoms. The molecule has 0 aliphatic heterocycles. The topological polar surface area (TPSA) is 15.3 Å². The molecule has 0 spiro atoms. The van der Waals surface area contributed by atoms with Crippen molar-refractivity contribution in [3.05, 3.63) is 71.0 Å². The van der Waals surface area contributed by atoms with E-state index < -0.39 is 0 Å². The molecule has 1 N–H and O–H groups in total. The third-order valence-electron chi connectivity index (χ3n) is 3.92. The Hall–Kier alpha value is -1.71. The maximum atomic E-state index is 13.9. The van der Waals surface area contributed by atoms with Gasteiger partial charge in [0, 0.05) is 24.7 Å². The summed E-state index contributed by atoms with van der Waals surface area (Å²) >= 11 is 0. The molecule has 0 aromatic heterocycles. The van der Waals surface area contributed by atoms with Gasteiger partial charge in [0.05, 0.1) is 0 Å². The van der Waals surface area contributed by atoms with E-state index in [0.29, 0.717) is 0 Å². The molecule has 0 saturated carbocycles. The van der Waals surface area contributed by atoms with Crippen LogP contribution in [0.4, 0.5) is 4.39 Å². The second kappa shape index (κ2) is 7.34. The first-order valence-corrected chi connectivity index (χ1v) is 7.29. The van der Waals surface area contributed by atoms with E-state index in [4.69, 9.17) is 0 Å². The first-order valence-electron chi connectivity index (χ1n) is 7.29. The van der Waals surface area contributed by atoms with Gasteiger partial charge in [0.1, 0.15) is 5.82 Å². The molecule has 0 radical (unpaired) electrons. The highest BCUT2D eigenvalue weighted by Gasteiger charge is 2.16. The number of hydrogen-bond acceptors (Lipinski definition) is 2. The van der Waals surface area contributed by atoms with Crippen LogP contribution in [-0.2, 0) is 13.1 Å². The number of rotatable bonds is 6. The maximum absolute atomic E-state index is 13.9. The van der Waals surface area contributed by atoms with Crippen molar-refractivity contribution < 1.29 is 4.39 Å². The third-order valence-corrected chi connectivity index (χ3v) is 3.92. The van der Waals surface area contributed by atoms with Crippen molar-refractivity contribution in [2.75, 3.05) is 14.1 Å². The second-order valence-corrected chi connectivity index (χ2v) is 5.41. The molecule has 0 amide bonds. The Morgan fingerprint density at radius 1 is 1.05 bits per heavy atom. The van der Waals surface area contributed by atoms with Crippen molar-refractivity contribution in [2.24, 2.45) is 0 Å². The lowest BCUT2D eigenvalue weighted by Crippen LogP contribution is -2.23. The Labute approximate surface area is 126 Å². The van der Waals surface area contributed by atoms with Crippen molar-refractivity contribution in [2.45, 2.75) is 26.1 Å². The first kappa shape index (κ1) is 15.7. The minimum Gasteiger partial charge on any atom is -0.316 e. The first-order chi connectivity index (χ1) is 10.1. The second-order valence-electron chi connectivity index (χ2n) is 5.41. The summed E-state index contributed by atoms with van der Waals surface area (Å²) in [6.45, 7) is 3.69. The van der Waals surface area contributed by atoms with Crippen molar-refractivity contribution in [1.29, 1.82) is 0 Å². The van der Waals surface area contributed by atoms with Crippen molar-refractivity contribution in [3.8, 4) is 0 Å². The predicted molar refractivity (Wildman–Crippen MR) is 85.5 cm³/mol. The lowest BCUT2D eigenvalue weighted by Gasteiger charge is -2.26. The fourth-order valence-corrected chi connectivity index (χ4v) is 2.53. The number of nitrogens with zero attached hydrogens (tertiary/aromatic N) is 1. The average molecular weight is 286 g/mol. The van der Waals surface area contributed by atoms with E-state index in [-0.39, 0.29) is 11.9 Å². The number of benzene rings is 2. The highest BCUT2D eigenvalue weighted by molar-refractivity contribution is 5.27. The van der Waals surface area contributed by atoms with Crippen LogP contribution in [-0.4, -0.2) is 19.0 Å². The number of nitrogens with one attached hydrogen (secondary N) is 1. The summed E-state index contributed by atoms with van der Waals surface area (Å²) in [5.41, 5.74) is 3.30. The van der Waals surface area contributed by atoms with Gasteiger partial charge in [-0.2, -0.15) is 0 Å². The zero-order chi connectivity index (χ0) is 15.2. The van der Waals surface area contributed by atoms with Crippen LogP contribution in [0, 0.1) is 5.82 Å². The van der Waals surface area contributed by atoms with E-state index in [1.54, 1.807) is 6.07 Å². The van der Waals surface area contributed by atoms with Gasteiger partial charge in [-0.25, -0.2) is 4.39 Å². The predicted octanol–water partition coefficient (Wildman–Crippen LogP) is 3.74. The molecule has 0 saturated heterocycles. The molecule has 2 nitrogen and oxygen atoms in total. The van der Waals surface area contributed by atoms with Crippen molar-refractivity contribution >= 4 is 0 Å². The molecular formula is C18H23FN2. The highest BCUT2D eigenvalue weighted by atomic mass is 19.1. The van der Waals surface area contributed by atoms with E-state index in [1.807, 2.05) is 33.2 Å². The van der Waals surface area contributed by atoms with Crippen molar-refractivity contribution in [1.82, 2.24) is 10.2 Å². The summed E-state index contributed by atoms with van der Waals surface area (Å²) in [5, 5.41) is 3.19. The summed E-state index contributed by atoms with van der Waals surface area (Å²) in [4.78, 5) is 2.17. The van der Waals surface area contributed by atoms with Crippen LogP contribution in [0.3, 0.4) is 0 Å². The van der Waals surface area contributed by atoms with Crippen LogP contribution in [0.2, 0.25) is 0 Å². The Bertz CT molecular complexity index is 583. The lowest BCUT2D eigenvalue weighted by molar-refractivity contribution is 0.247. The molecule has 2 aromatic carbocycles. The highest BCUT2D eigenvalue weighted by Crippen LogP contribution is 2.23. The molecule has 0 aliphatic carbocycles. The standard InChI is InChI=1S/C18H23FN2/c1-14(17-10-6-7-11-18(17)19)21(3)13-16-9-5-4-8-15(16)12-20-2/h4-11,14,20H,12-13H2,1-3H3. The SMILES string of the molecule is CNCc1ccccc1CN(C)C(C)c1ccccc1F. The summed E-state index contributed by atoms with van der Waals surface area (Å²) in [5.74, 6) is -0.139. The Morgan fingerprint density at radius 3 is 2.33 bits per heavy atom. The van der Waals surface area contributed by atoms with Gasteiger partial charge in [-0.1, -0.05) is 42.5 Å². The summed E-state index contributed by atoms with van der Waals surface area (Å²) in [7, 11) is 3.98. The van der Waals surface area contributed by atoms with Crippen LogP contribution in [0.5, 0.6) is 0 Å². The largest absolute Gasteiger partial charge is 0.316 e. The zero-order valence-corrected chi connectivity index (χ0v) is 12.9. The van der Waals surface area contributed by atoms with Gasteiger partial charge >= 0.3 is 0 Å². The van der Waals surface area contributed by atoms with Crippen LogP contribution in [0.15, 0.2) is 48.5 Å².